The third-order valence-corrected chi connectivity index (χ3v) is 10.4. The molecule has 0 aliphatic rings. The molecule has 1 heterocycles. The lowest BCUT2D eigenvalue weighted by molar-refractivity contribution is 1.07. The maximum absolute atomic E-state index is 8.34. The van der Waals surface area contributed by atoms with Crippen molar-refractivity contribution in [3.63, 3.8) is 0 Å². The Hall–Kier alpha value is -7.22. The maximum atomic E-state index is 8.34. The number of hydrogen-bond donors (Lipinski definition) is 0. The minimum Gasteiger partial charge on any atom is -0.237 e. The van der Waals surface area contributed by atoms with Gasteiger partial charge in [-0.2, -0.15) is 0 Å². The first-order valence-electron chi connectivity index (χ1n) is 18.9. The second-order valence-electron chi connectivity index (χ2n) is 14.8. The van der Waals surface area contributed by atoms with Crippen molar-refractivity contribution >= 4 is 27.2 Å². The van der Waals surface area contributed by atoms with Crippen LogP contribution in [0, 0.1) is 34.3 Å². The molecule has 4 nitrogen and oxygen atoms in total. The summed E-state index contributed by atoms with van der Waals surface area (Å²) in [6.07, 6.45) is 0. The van der Waals surface area contributed by atoms with E-state index < -0.39 is 0 Å². The fourth-order valence-electron chi connectivity index (χ4n) is 7.96. The number of fused-ring (bicyclic) bond motifs is 3. The summed E-state index contributed by atoms with van der Waals surface area (Å²) >= 11 is 0. The van der Waals surface area contributed by atoms with Crippen molar-refractivity contribution in [2.24, 2.45) is 0 Å². The fraction of sp³-hybridized carbons (Fsp3) is 0.0769. The summed E-state index contributed by atoms with van der Waals surface area (Å²) in [6, 6.07) is 55.3. The van der Waals surface area contributed by atoms with Crippen molar-refractivity contribution in [2.45, 2.75) is 27.7 Å². The van der Waals surface area contributed by atoms with E-state index in [9.17, 15) is 0 Å². The maximum Gasteiger partial charge on any atom is 0.202 e. The first kappa shape index (κ1) is 34.5. The summed E-state index contributed by atoms with van der Waals surface area (Å²) in [4.78, 5) is 19.1. The van der Waals surface area contributed by atoms with Gasteiger partial charge in [-0.25, -0.2) is 19.8 Å². The Kier molecular flexibility index (Phi) is 8.76. The molecule has 0 N–H and O–H groups in total. The van der Waals surface area contributed by atoms with Crippen LogP contribution >= 0.6 is 0 Å². The van der Waals surface area contributed by atoms with Gasteiger partial charge in [0.1, 0.15) is 0 Å². The van der Waals surface area contributed by atoms with Crippen molar-refractivity contribution in [1.29, 1.82) is 0 Å². The molecule has 0 unspecified atom stereocenters. The Labute approximate surface area is 327 Å². The van der Waals surface area contributed by atoms with E-state index in [0.29, 0.717) is 23.2 Å². The quantitative estimate of drug-likeness (QED) is 0.127. The molecule has 0 saturated heterocycles. The predicted octanol–water partition coefficient (Wildman–Crippen LogP) is 14.0. The molecule has 0 fully saturated rings. The highest BCUT2D eigenvalue weighted by molar-refractivity contribution is 6.08. The van der Waals surface area contributed by atoms with Crippen molar-refractivity contribution < 1.29 is 0 Å². The molecule has 0 amide bonds. The average molecular weight is 719 g/mol. The van der Waals surface area contributed by atoms with Crippen molar-refractivity contribution in [1.82, 2.24) is 15.0 Å². The van der Waals surface area contributed by atoms with E-state index in [2.05, 4.69) is 160 Å². The predicted molar refractivity (Wildman–Crippen MR) is 233 cm³/mol. The summed E-state index contributed by atoms with van der Waals surface area (Å²) in [5.41, 5.74) is 14.1. The highest BCUT2D eigenvalue weighted by Gasteiger charge is 2.16. The first-order valence-corrected chi connectivity index (χ1v) is 18.9. The van der Waals surface area contributed by atoms with E-state index in [1.54, 1.807) is 0 Å². The molecule has 56 heavy (non-hydrogen) atoms. The number of para-hydroxylation sites is 1. The van der Waals surface area contributed by atoms with Crippen LogP contribution in [0.2, 0.25) is 0 Å². The minimum absolute atomic E-state index is 0.604. The molecule has 0 atom stereocenters. The van der Waals surface area contributed by atoms with Gasteiger partial charge in [-0.15, -0.1) is 0 Å². The van der Waals surface area contributed by atoms with Gasteiger partial charge in [0.25, 0.3) is 0 Å². The van der Waals surface area contributed by atoms with Gasteiger partial charge in [0.2, 0.25) is 5.69 Å². The fourth-order valence-corrected chi connectivity index (χ4v) is 7.96. The van der Waals surface area contributed by atoms with E-state index in [-0.39, 0.29) is 0 Å². The number of aryl methyl sites for hydroxylation is 4. The van der Waals surface area contributed by atoms with E-state index in [4.69, 9.17) is 21.5 Å². The van der Waals surface area contributed by atoms with E-state index >= 15 is 0 Å². The number of rotatable bonds is 6. The second kappa shape index (κ2) is 14.2. The Morgan fingerprint density at radius 1 is 0.357 bits per heavy atom. The highest BCUT2D eigenvalue weighted by Crippen LogP contribution is 2.41. The zero-order valence-corrected chi connectivity index (χ0v) is 31.8. The average Bonchev–Trinajstić information content (AvgIpc) is 3.22. The molecular formula is C52H38N4. The van der Waals surface area contributed by atoms with Crippen LogP contribution in [0.25, 0.3) is 93.9 Å². The van der Waals surface area contributed by atoms with E-state index in [0.717, 1.165) is 72.3 Å². The number of benzene rings is 8. The highest BCUT2D eigenvalue weighted by atomic mass is 15.0. The molecule has 266 valence electrons. The number of aromatic nitrogens is 3. The topological polar surface area (TPSA) is 43.0 Å². The van der Waals surface area contributed by atoms with Crippen LogP contribution in [0.3, 0.4) is 0 Å². The van der Waals surface area contributed by atoms with Crippen molar-refractivity contribution in [3.8, 4) is 67.5 Å². The van der Waals surface area contributed by atoms with Gasteiger partial charge < -0.3 is 0 Å². The lowest BCUT2D eigenvalue weighted by Crippen LogP contribution is -2.01. The van der Waals surface area contributed by atoms with Crippen LogP contribution in [-0.2, 0) is 0 Å². The summed E-state index contributed by atoms with van der Waals surface area (Å²) in [5, 5.41) is 4.95. The van der Waals surface area contributed by atoms with Crippen molar-refractivity contribution in [2.75, 3.05) is 0 Å². The van der Waals surface area contributed by atoms with Gasteiger partial charge in [0.15, 0.2) is 17.5 Å². The van der Waals surface area contributed by atoms with Gasteiger partial charge >= 0.3 is 0 Å². The molecule has 0 aliphatic carbocycles. The molecule has 0 saturated carbocycles. The summed E-state index contributed by atoms with van der Waals surface area (Å²) in [6.45, 7) is 16.7. The first-order chi connectivity index (χ1) is 27.3. The van der Waals surface area contributed by atoms with Crippen LogP contribution in [0.1, 0.15) is 22.3 Å². The summed E-state index contributed by atoms with van der Waals surface area (Å²) in [7, 11) is 0. The molecule has 9 rings (SSSR count). The monoisotopic (exact) mass is 718 g/mol. The van der Waals surface area contributed by atoms with E-state index in [1.807, 2.05) is 30.3 Å². The van der Waals surface area contributed by atoms with Crippen LogP contribution in [0.5, 0.6) is 0 Å². The zero-order valence-electron chi connectivity index (χ0n) is 31.8. The Morgan fingerprint density at radius 2 is 0.839 bits per heavy atom. The molecule has 4 heteroatoms. The smallest absolute Gasteiger partial charge is 0.202 e. The van der Waals surface area contributed by atoms with Gasteiger partial charge in [0.05, 0.1) is 6.57 Å². The molecule has 8 aromatic carbocycles. The normalized spacial score (nSPS) is 11.2. The van der Waals surface area contributed by atoms with Gasteiger partial charge in [-0.3, -0.25) is 0 Å². The van der Waals surface area contributed by atoms with Gasteiger partial charge in [-0.05, 0) is 119 Å². The standard InChI is InChI=1S/C52H38N4/c1-32-24-33(2)27-43(26-32)51-54-50(55-52(56-51)44-28-34(3)25-35(4)29-44)38-19-16-37(17-20-38)47-14-9-15-48(49(47)53-5)41-12-8-11-39(30-41)40-22-23-46-42(31-40)21-18-36-10-6-7-13-45(36)46/h6-31H,1-4H3. The molecule has 0 radical (unpaired) electrons. The molecular weight excluding hydrogens is 681 g/mol. The molecule has 0 bridgehead atoms. The second-order valence-corrected chi connectivity index (χ2v) is 14.8. The van der Waals surface area contributed by atoms with Crippen LogP contribution < -0.4 is 0 Å². The Bertz CT molecular complexity index is 2910. The molecule has 9 aromatic rings. The molecule has 1 aromatic heterocycles. The van der Waals surface area contributed by atoms with Gasteiger partial charge in [0, 0.05) is 16.7 Å². The Balaban J connectivity index is 1.08. The summed E-state index contributed by atoms with van der Waals surface area (Å²) in [5.74, 6) is 1.89. The SMILES string of the molecule is [C-]#[N+]c1c(-c2ccc(-c3nc(-c4cc(C)cc(C)c4)nc(-c4cc(C)cc(C)c4)n3)cc2)cccc1-c1cccc(-c2ccc3c(ccc4ccccc43)c2)c1. The lowest BCUT2D eigenvalue weighted by Gasteiger charge is -2.13. The largest absolute Gasteiger partial charge is 0.237 e. The van der Waals surface area contributed by atoms with Crippen LogP contribution in [0.4, 0.5) is 5.69 Å². The Morgan fingerprint density at radius 3 is 1.48 bits per heavy atom. The van der Waals surface area contributed by atoms with E-state index in [1.165, 1.54) is 21.5 Å². The van der Waals surface area contributed by atoms with Crippen LogP contribution in [-0.4, -0.2) is 15.0 Å². The zero-order chi connectivity index (χ0) is 38.3. The third-order valence-electron chi connectivity index (χ3n) is 10.4. The summed E-state index contributed by atoms with van der Waals surface area (Å²) < 4.78 is 0. The van der Waals surface area contributed by atoms with Crippen molar-refractivity contribution in [3.05, 3.63) is 191 Å². The minimum atomic E-state index is 0.604. The lowest BCUT2D eigenvalue weighted by atomic mass is 9.93. The van der Waals surface area contributed by atoms with Gasteiger partial charge in [-0.1, -0.05) is 144 Å². The van der Waals surface area contributed by atoms with Crippen LogP contribution in [0.15, 0.2) is 158 Å². The number of hydrogen-bond acceptors (Lipinski definition) is 3. The number of nitrogens with zero attached hydrogens (tertiary/aromatic N) is 4. The third kappa shape index (κ3) is 6.61. The molecule has 0 spiro atoms. The molecule has 0 aliphatic heterocycles.